The monoisotopic (exact) mass is 319 g/mol. The minimum absolute atomic E-state index is 0.0813. The lowest BCUT2D eigenvalue weighted by atomic mass is 10.0. The number of rotatable bonds is 4. The average molecular weight is 320 g/mol. The predicted octanol–water partition coefficient (Wildman–Crippen LogP) is 3.41. The summed E-state index contributed by atoms with van der Waals surface area (Å²) in [5, 5.41) is 7.27. The summed E-state index contributed by atoms with van der Waals surface area (Å²) < 4.78 is 4.95. The molecule has 6 heteroatoms. The van der Waals surface area contributed by atoms with Gasteiger partial charge in [-0.25, -0.2) is 0 Å². The first-order valence-corrected chi connectivity index (χ1v) is 7.72. The number of halogens is 1. The van der Waals surface area contributed by atoms with Crippen LogP contribution in [-0.2, 0) is 4.79 Å². The standard InChI is InChI=1S/C16H18ClN3O2/c1-11-8-15(19-22-11)18-16(21)10-20-7-3-6-14(20)12-4-2-5-13(17)9-12/h2,4-5,8-9,14H,3,6-7,10H2,1H3,(H,18,19,21). The van der Waals surface area contributed by atoms with Crippen molar-refractivity contribution in [1.82, 2.24) is 10.1 Å². The fraction of sp³-hybridized carbons (Fsp3) is 0.375. The molecule has 116 valence electrons. The third-order valence-electron chi connectivity index (χ3n) is 3.84. The Morgan fingerprint density at radius 3 is 3.09 bits per heavy atom. The Morgan fingerprint density at radius 2 is 2.36 bits per heavy atom. The first-order chi connectivity index (χ1) is 10.6. The van der Waals surface area contributed by atoms with Crippen LogP contribution in [-0.4, -0.2) is 29.1 Å². The zero-order valence-corrected chi connectivity index (χ0v) is 13.1. The van der Waals surface area contributed by atoms with Crippen molar-refractivity contribution in [2.75, 3.05) is 18.4 Å². The number of hydrogen-bond donors (Lipinski definition) is 1. The second-order valence-electron chi connectivity index (χ2n) is 5.55. The van der Waals surface area contributed by atoms with Crippen molar-refractivity contribution in [1.29, 1.82) is 0 Å². The van der Waals surface area contributed by atoms with Gasteiger partial charge in [-0.1, -0.05) is 28.9 Å². The topological polar surface area (TPSA) is 58.4 Å². The lowest BCUT2D eigenvalue weighted by molar-refractivity contribution is -0.117. The van der Waals surface area contributed by atoms with E-state index in [9.17, 15) is 4.79 Å². The molecule has 0 radical (unpaired) electrons. The van der Waals surface area contributed by atoms with Gasteiger partial charge in [-0.05, 0) is 44.0 Å². The lowest BCUT2D eigenvalue weighted by Gasteiger charge is -2.24. The second kappa shape index (κ2) is 6.50. The maximum atomic E-state index is 12.2. The van der Waals surface area contributed by atoms with E-state index in [4.69, 9.17) is 16.1 Å². The van der Waals surface area contributed by atoms with E-state index in [1.165, 1.54) is 0 Å². The summed E-state index contributed by atoms with van der Waals surface area (Å²) in [5.74, 6) is 1.05. The molecule has 0 spiro atoms. The minimum Gasteiger partial charge on any atom is -0.360 e. The summed E-state index contributed by atoms with van der Waals surface area (Å²) >= 11 is 6.07. The van der Waals surface area contributed by atoms with Crippen LogP contribution in [0, 0.1) is 6.92 Å². The maximum absolute atomic E-state index is 12.2. The van der Waals surface area contributed by atoms with Crippen molar-refractivity contribution in [3.05, 3.63) is 46.7 Å². The number of likely N-dealkylation sites (tertiary alicyclic amines) is 1. The van der Waals surface area contributed by atoms with Crippen LogP contribution in [0.4, 0.5) is 5.82 Å². The van der Waals surface area contributed by atoms with Gasteiger partial charge in [0.25, 0.3) is 0 Å². The highest BCUT2D eigenvalue weighted by atomic mass is 35.5. The molecule has 0 aliphatic carbocycles. The zero-order valence-electron chi connectivity index (χ0n) is 12.4. The van der Waals surface area contributed by atoms with E-state index in [2.05, 4.69) is 21.4 Å². The Bertz CT molecular complexity index is 671. The summed E-state index contributed by atoms with van der Waals surface area (Å²) in [6, 6.07) is 9.80. The van der Waals surface area contributed by atoms with Gasteiger partial charge in [-0.2, -0.15) is 0 Å². The number of anilines is 1. The van der Waals surface area contributed by atoms with Gasteiger partial charge in [0, 0.05) is 17.1 Å². The molecule has 3 rings (SSSR count). The Kier molecular flexibility index (Phi) is 4.45. The number of amides is 1. The smallest absolute Gasteiger partial charge is 0.239 e. The van der Waals surface area contributed by atoms with Crippen LogP contribution in [0.25, 0.3) is 0 Å². The number of nitrogens with zero attached hydrogens (tertiary/aromatic N) is 2. The van der Waals surface area contributed by atoms with Gasteiger partial charge in [-0.15, -0.1) is 0 Å². The highest BCUT2D eigenvalue weighted by Gasteiger charge is 2.27. The minimum atomic E-state index is -0.0813. The number of carbonyl (C=O) groups is 1. The molecule has 1 aromatic heterocycles. The Hall–Kier alpha value is -1.85. The van der Waals surface area contributed by atoms with Crippen LogP contribution in [0.5, 0.6) is 0 Å². The average Bonchev–Trinajstić information content (AvgIpc) is 3.08. The van der Waals surface area contributed by atoms with Crippen LogP contribution >= 0.6 is 11.6 Å². The molecule has 1 aromatic carbocycles. The first-order valence-electron chi connectivity index (χ1n) is 7.34. The fourth-order valence-corrected chi connectivity index (χ4v) is 3.10. The molecule has 22 heavy (non-hydrogen) atoms. The molecule has 0 bridgehead atoms. The van der Waals surface area contributed by atoms with E-state index in [1.807, 2.05) is 18.2 Å². The summed E-state index contributed by atoms with van der Waals surface area (Å²) in [7, 11) is 0. The zero-order chi connectivity index (χ0) is 15.5. The number of carbonyl (C=O) groups excluding carboxylic acids is 1. The molecule has 1 amide bonds. The van der Waals surface area contributed by atoms with Crippen LogP contribution in [0.3, 0.4) is 0 Å². The van der Waals surface area contributed by atoms with Gasteiger partial charge in [0.15, 0.2) is 5.82 Å². The second-order valence-corrected chi connectivity index (χ2v) is 5.99. The van der Waals surface area contributed by atoms with Gasteiger partial charge >= 0.3 is 0 Å². The van der Waals surface area contributed by atoms with Crippen LogP contribution in [0.2, 0.25) is 5.02 Å². The highest BCUT2D eigenvalue weighted by molar-refractivity contribution is 6.30. The largest absolute Gasteiger partial charge is 0.360 e. The number of aromatic nitrogens is 1. The molecule has 0 saturated carbocycles. The molecule has 1 aliphatic heterocycles. The normalized spacial score (nSPS) is 18.5. The van der Waals surface area contributed by atoms with Crippen molar-refractivity contribution in [3.63, 3.8) is 0 Å². The van der Waals surface area contributed by atoms with E-state index in [-0.39, 0.29) is 11.9 Å². The maximum Gasteiger partial charge on any atom is 0.239 e. The number of aryl methyl sites for hydroxylation is 1. The molecule has 5 nitrogen and oxygen atoms in total. The van der Waals surface area contributed by atoms with Gasteiger partial charge in [0.1, 0.15) is 5.76 Å². The lowest BCUT2D eigenvalue weighted by Crippen LogP contribution is -2.33. The molecular weight excluding hydrogens is 302 g/mol. The van der Waals surface area contributed by atoms with Crippen LogP contribution in [0.15, 0.2) is 34.9 Å². The Labute approximate surface area is 134 Å². The summed E-state index contributed by atoms with van der Waals surface area (Å²) in [4.78, 5) is 14.3. The van der Waals surface area contributed by atoms with Crippen molar-refractivity contribution in [2.45, 2.75) is 25.8 Å². The first kappa shape index (κ1) is 15.1. The van der Waals surface area contributed by atoms with Gasteiger partial charge < -0.3 is 9.84 Å². The van der Waals surface area contributed by atoms with E-state index in [1.54, 1.807) is 13.0 Å². The van der Waals surface area contributed by atoms with E-state index in [0.717, 1.165) is 30.0 Å². The summed E-state index contributed by atoms with van der Waals surface area (Å²) in [6.45, 7) is 3.03. The fourth-order valence-electron chi connectivity index (χ4n) is 2.90. The van der Waals surface area contributed by atoms with Crippen LogP contribution in [0.1, 0.15) is 30.2 Å². The molecule has 2 aromatic rings. The number of benzene rings is 1. The number of hydrogen-bond acceptors (Lipinski definition) is 4. The third kappa shape index (κ3) is 3.48. The quantitative estimate of drug-likeness (QED) is 0.938. The van der Waals surface area contributed by atoms with Crippen molar-refractivity contribution >= 4 is 23.3 Å². The molecule has 1 N–H and O–H groups in total. The predicted molar refractivity (Wildman–Crippen MR) is 84.9 cm³/mol. The highest BCUT2D eigenvalue weighted by Crippen LogP contribution is 2.32. The van der Waals surface area contributed by atoms with E-state index < -0.39 is 0 Å². The Morgan fingerprint density at radius 1 is 1.50 bits per heavy atom. The molecule has 1 atom stereocenters. The third-order valence-corrected chi connectivity index (χ3v) is 4.07. The molecule has 1 unspecified atom stereocenters. The molecule has 1 saturated heterocycles. The molecule has 1 aliphatic rings. The van der Waals surface area contributed by atoms with E-state index >= 15 is 0 Å². The van der Waals surface area contributed by atoms with Crippen molar-refractivity contribution < 1.29 is 9.32 Å². The molecule has 1 fully saturated rings. The van der Waals surface area contributed by atoms with Crippen molar-refractivity contribution in [2.24, 2.45) is 0 Å². The Balaban J connectivity index is 1.64. The van der Waals surface area contributed by atoms with E-state index in [0.29, 0.717) is 18.1 Å². The SMILES string of the molecule is Cc1cc(NC(=O)CN2CCCC2c2cccc(Cl)c2)no1. The molecular formula is C16H18ClN3O2. The summed E-state index contributed by atoms with van der Waals surface area (Å²) in [5.41, 5.74) is 1.16. The van der Waals surface area contributed by atoms with Gasteiger partial charge in [0.2, 0.25) is 5.91 Å². The number of nitrogens with one attached hydrogen (secondary N) is 1. The van der Waals surface area contributed by atoms with Gasteiger partial charge in [0.05, 0.1) is 6.54 Å². The van der Waals surface area contributed by atoms with Gasteiger partial charge in [-0.3, -0.25) is 9.69 Å². The summed E-state index contributed by atoms with van der Waals surface area (Å²) in [6.07, 6.45) is 2.12. The van der Waals surface area contributed by atoms with Crippen LogP contribution < -0.4 is 5.32 Å². The van der Waals surface area contributed by atoms with Crippen molar-refractivity contribution in [3.8, 4) is 0 Å². The molecule has 2 heterocycles.